The van der Waals surface area contributed by atoms with Crippen LogP contribution in [0.15, 0.2) is 34.9 Å². The number of hydrogen-bond donors (Lipinski definition) is 4. The minimum Gasteiger partial charge on any atom is -0.393 e. The third-order valence-electron chi connectivity index (χ3n) is 10.4. The Balaban J connectivity index is 1.57. The molecule has 37 heavy (non-hydrogen) atoms. The largest absolute Gasteiger partial charge is 0.393 e. The van der Waals surface area contributed by atoms with Gasteiger partial charge in [-0.3, -0.25) is 0 Å². The summed E-state index contributed by atoms with van der Waals surface area (Å²) in [5.74, 6) is 2.89. The maximum atomic E-state index is 10.4. The topological polar surface area (TPSA) is 80.9 Å². The normalized spacial score (nSPS) is 38.4. The first-order valence-electron chi connectivity index (χ1n) is 14.4. The first-order valence-corrected chi connectivity index (χ1v) is 16.5. The van der Waals surface area contributed by atoms with Crippen molar-refractivity contribution >= 4 is 23.5 Å². The van der Waals surface area contributed by atoms with Crippen LogP contribution >= 0.6 is 23.5 Å². The molecule has 2 saturated carbocycles. The molecule has 0 heterocycles. The summed E-state index contributed by atoms with van der Waals surface area (Å²) in [4.78, 5) is 0. The molecule has 4 N–H and O–H groups in total. The molecular weight excluding hydrogens is 500 g/mol. The number of aliphatic hydroxyl groups is 4. The van der Waals surface area contributed by atoms with E-state index in [0.717, 1.165) is 30.8 Å². The first-order chi connectivity index (χ1) is 17.4. The van der Waals surface area contributed by atoms with E-state index in [2.05, 4.69) is 39.0 Å². The fourth-order valence-electron chi connectivity index (χ4n) is 7.62. The molecule has 4 unspecified atom stereocenters. The van der Waals surface area contributed by atoms with Crippen LogP contribution in [0.5, 0.6) is 0 Å². The van der Waals surface area contributed by atoms with Gasteiger partial charge in [-0.15, -0.1) is 0 Å². The van der Waals surface area contributed by atoms with Gasteiger partial charge in [-0.25, -0.2) is 0 Å². The molecular formula is C31H50O4S2. The van der Waals surface area contributed by atoms with Gasteiger partial charge in [-0.2, -0.15) is 23.5 Å². The van der Waals surface area contributed by atoms with Gasteiger partial charge in [-0.05, 0) is 94.0 Å². The fourth-order valence-corrected chi connectivity index (χ4v) is 11.1. The van der Waals surface area contributed by atoms with Gasteiger partial charge < -0.3 is 20.4 Å². The van der Waals surface area contributed by atoms with Crippen LogP contribution in [0.4, 0.5) is 0 Å². The lowest BCUT2D eigenvalue weighted by Crippen LogP contribution is -2.51. The number of allylic oxidation sites excluding steroid dienone is 6. The quantitative estimate of drug-likeness (QED) is 0.240. The fraction of sp³-hybridized carbons (Fsp3) is 0.806. The minimum absolute atomic E-state index is 0.115. The highest BCUT2D eigenvalue weighted by Crippen LogP contribution is 2.65. The van der Waals surface area contributed by atoms with Crippen LogP contribution in [-0.4, -0.2) is 66.8 Å². The molecule has 0 aliphatic heterocycles. The van der Waals surface area contributed by atoms with Crippen LogP contribution in [0.1, 0.15) is 86.0 Å². The second-order valence-corrected chi connectivity index (χ2v) is 15.8. The summed E-state index contributed by atoms with van der Waals surface area (Å²) < 4.78 is 0. The second-order valence-electron chi connectivity index (χ2n) is 13.1. The summed E-state index contributed by atoms with van der Waals surface area (Å²) in [7, 11) is 0. The van der Waals surface area contributed by atoms with E-state index in [1.807, 2.05) is 23.5 Å². The molecule has 0 spiro atoms. The molecule has 0 amide bonds. The molecule has 0 saturated heterocycles. The van der Waals surface area contributed by atoms with Crippen molar-refractivity contribution in [2.24, 2.45) is 22.7 Å². The number of rotatable bonds is 11. The van der Waals surface area contributed by atoms with Gasteiger partial charge in [0.15, 0.2) is 0 Å². The Kier molecular flexibility index (Phi) is 9.10. The maximum absolute atomic E-state index is 10.4. The highest BCUT2D eigenvalue weighted by Gasteiger charge is 2.56. The van der Waals surface area contributed by atoms with E-state index >= 15 is 0 Å². The number of fused-ring (bicyclic) bond motifs is 5. The first kappa shape index (κ1) is 29.7. The molecule has 4 rings (SSSR count). The summed E-state index contributed by atoms with van der Waals surface area (Å²) in [5.41, 5.74) is 3.31. The molecule has 6 heteroatoms. The Hall–Kier alpha value is -0.240. The Morgan fingerprint density at radius 1 is 0.973 bits per heavy atom. The van der Waals surface area contributed by atoms with E-state index in [0.29, 0.717) is 40.6 Å². The van der Waals surface area contributed by atoms with Crippen LogP contribution < -0.4 is 0 Å². The third-order valence-corrected chi connectivity index (χ3v) is 13.2. The van der Waals surface area contributed by atoms with Crippen molar-refractivity contribution in [3.05, 3.63) is 34.9 Å². The van der Waals surface area contributed by atoms with E-state index in [4.69, 9.17) is 0 Å². The molecule has 4 nitrogen and oxygen atoms in total. The van der Waals surface area contributed by atoms with Crippen molar-refractivity contribution in [3.8, 4) is 0 Å². The zero-order chi connectivity index (χ0) is 27.1. The van der Waals surface area contributed by atoms with Gasteiger partial charge in [0, 0.05) is 15.9 Å². The summed E-state index contributed by atoms with van der Waals surface area (Å²) in [5, 5.41) is 40.7. The lowest BCUT2D eigenvalue weighted by Gasteiger charge is -2.57. The molecule has 210 valence electrons. The Labute approximate surface area is 233 Å². The van der Waals surface area contributed by atoms with Crippen LogP contribution in [0.3, 0.4) is 0 Å². The molecule has 0 radical (unpaired) electrons. The summed E-state index contributed by atoms with van der Waals surface area (Å²) in [6.07, 6.45) is 15.8. The van der Waals surface area contributed by atoms with Gasteiger partial charge in [-0.1, -0.05) is 55.7 Å². The number of thioether (sulfide) groups is 2. The van der Waals surface area contributed by atoms with Crippen molar-refractivity contribution in [2.75, 3.05) is 24.7 Å². The van der Waals surface area contributed by atoms with Crippen molar-refractivity contribution in [3.63, 3.8) is 0 Å². The highest BCUT2D eigenvalue weighted by molar-refractivity contribution is 8.00. The van der Waals surface area contributed by atoms with Crippen LogP contribution in [0.25, 0.3) is 0 Å². The summed E-state index contributed by atoms with van der Waals surface area (Å²) >= 11 is 3.95. The standard InChI is InChI=1S/C31H50O4S2/c1-6-21-8-10-25-24-9-7-22-17-23(36-15-13-28(2,34)19-32)18-27(37-16-14-29(3,35)20-33)31(22,5)26(24)11-12-30(21,25)4/h7-9,23,25-27,32-35H,6,10-20H2,1-5H3/t23?,25-,26-,27?,28?,29?,30+,31-/m0/s1. The van der Waals surface area contributed by atoms with E-state index in [1.165, 1.54) is 19.3 Å². The lowest BCUT2D eigenvalue weighted by atomic mass is 9.50. The average molecular weight is 551 g/mol. The molecule has 0 aromatic heterocycles. The number of aliphatic hydroxyl groups excluding tert-OH is 2. The van der Waals surface area contributed by atoms with Crippen LogP contribution in [0, 0.1) is 22.7 Å². The van der Waals surface area contributed by atoms with Crippen molar-refractivity contribution in [1.82, 2.24) is 0 Å². The second kappa shape index (κ2) is 11.3. The molecule has 0 aromatic carbocycles. The molecule has 0 aromatic rings. The third kappa shape index (κ3) is 5.81. The maximum Gasteiger partial charge on any atom is 0.0857 e. The van der Waals surface area contributed by atoms with E-state index < -0.39 is 11.2 Å². The lowest BCUT2D eigenvalue weighted by molar-refractivity contribution is -0.000270. The van der Waals surface area contributed by atoms with Crippen molar-refractivity contribution in [1.29, 1.82) is 0 Å². The summed E-state index contributed by atoms with van der Waals surface area (Å²) in [6, 6.07) is 0. The summed E-state index contributed by atoms with van der Waals surface area (Å²) in [6.45, 7) is 10.4. The Morgan fingerprint density at radius 2 is 1.62 bits per heavy atom. The Bertz CT molecular complexity index is 922. The highest BCUT2D eigenvalue weighted by atomic mass is 32.2. The zero-order valence-corrected chi connectivity index (χ0v) is 25.3. The van der Waals surface area contributed by atoms with Gasteiger partial charge >= 0.3 is 0 Å². The number of hydrogen-bond acceptors (Lipinski definition) is 6. The minimum atomic E-state index is -1.03. The van der Waals surface area contributed by atoms with Crippen LogP contribution in [0.2, 0.25) is 0 Å². The molecule has 4 aliphatic carbocycles. The molecule has 2 fully saturated rings. The van der Waals surface area contributed by atoms with Gasteiger partial charge in [0.2, 0.25) is 0 Å². The van der Waals surface area contributed by atoms with Gasteiger partial charge in [0.05, 0.1) is 24.4 Å². The van der Waals surface area contributed by atoms with E-state index in [-0.39, 0.29) is 18.6 Å². The Morgan fingerprint density at radius 3 is 2.24 bits per heavy atom. The monoisotopic (exact) mass is 550 g/mol. The predicted octanol–water partition coefficient (Wildman–Crippen LogP) is 5.90. The van der Waals surface area contributed by atoms with Crippen LogP contribution in [-0.2, 0) is 0 Å². The van der Waals surface area contributed by atoms with E-state index in [1.54, 1.807) is 30.6 Å². The smallest absolute Gasteiger partial charge is 0.0857 e. The molecule has 0 bridgehead atoms. The molecule has 8 atom stereocenters. The molecule has 4 aliphatic rings. The van der Waals surface area contributed by atoms with Gasteiger partial charge in [0.1, 0.15) is 0 Å². The zero-order valence-electron chi connectivity index (χ0n) is 23.6. The average Bonchev–Trinajstić information content (AvgIpc) is 3.20. The predicted molar refractivity (Wildman–Crippen MR) is 158 cm³/mol. The SMILES string of the molecule is CCC1=CC[C@H]2C3=CC=C4CC(SCCC(C)(O)CO)CC(SCCC(C)(O)CO)[C@]4(C)[C@H]3CC[C@]12C. The van der Waals surface area contributed by atoms with Crippen molar-refractivity contribution < 1.29 is 20.4 Å². The van der Waals surface area contributed by atoms with Crippen molar-refractivity contribution in [2.45, 2.75) is 108 Å². The van der Waals surface area contributed by atoms with Gasteiger partial charge in [0.25, 0.3) is 0 Å². The van der Waals surface area contributed by atoms with E-state index in [9.17, 15) is 20.4 Å².